The quantitative estimate of drug-likeness (QED) is 0.219. The Balaban J connectivity index is 2.18. The first-order chi connectivity index (χ1) is 14.5. The highest BCUT2D eigenvalue weighted by atomic mass is 31.2. The molecule has 3 unspecified atom stereocenters. The number of ketones is 2. The minimum Gasteiger partial charge on any atom is -0.352 e. The largest absolute Gasteiger partial charge is 0.475 e. The van der Waals surface area contributed by atoms with Crippen molar-refractivity contribution in [3.63, 3.8) is 0 Å². The lowest BCUT2D eigenvalue weighted by Gasteiger charge is -2.21. The van der Waals surface area contributed by atoms with Gasteiger partial charge in [-0.3, -0.25) is 37.5 Å². The molecule has 1 aromatic rings. The van der Waals surface area contributed by atoms with Gasteiger partial charge < -0.3 is 4.74 Å². The summed E-state index contributed by atoms with van der Waals surface area (Å²) in [6, 6.07) is -0.816. The van der Waals surface area contributed by atoms with Crippen LogP contribution in [0.5, 0.6) is 0 Å². The standard InChI is InChI=1S/C16H22N5O9P/c1-9-5-21(16(25)18-15(9)24)14-4-12(19-20-17)13(30-14)8-29-31(26,27-6-10(2)22)28-7-11(3)23/h5,12-14H,4,6-8H2,1-3H3,(H,18,24,25). The smallest absolute Gasteiger partial charge is 0.352 e. The van der Waals surface area contributed by atoms with Gasteiger partial charge in [0.05, 0.1) is 18.8 Å². The van der Waals surface area contributed by atoms with Crippen LogP contribution in [0.15, 0.2) is 20.9 Å². The Morgan fingerprint density at radius 3 is 2.45 bits per heavy atom. The summed E-state index contributed by atoms with van der Waals surface area (Å²) in [5.41, 5.74) is 7.82. The first kappa shape index (κ1) is 24.7. The highest BCUT2D eigenvalue weighted by molar-refractivity contribution is 7.48. The summed E-state index contributed by atoms with van der Waals surface area (Å²) in [7, 11) is -4.31. The van der Waals surface area contributed by atoms with Crippen LogP contribution in [0.3, 0.4) is 0 Å². The molecule has 2 heterocycles. The number of hydrogen-bond donors (Lipinski definition) is 1. The van der Waals surface area contributed by atoms with Gasteiger partial charge in [-0.1, -0.05) is 5.11 Å². The van der Waals surface area contributed by atoms with Crippen molar-refractivity contribution >= 4 is 19.4 Å². The maximum atomic E-state index is 12.7. The second-order valence-electron chi connectivity index (χ2n) is 6.81. The molecule has 1 aliphatic heterocycles. The van der Waals surface area contributed by atoms with Gasteiger partial charge in [-0.15, -0.1) is 0 Å². The van der Waals surface area contributed by atoms with Crippen molar-refractivity contribution in [2.45, 2.75) is 45.6 Å². The summed E-state index contributed by atoms with van der Waals surface area (Å²) in [5.74, 6) is -0.903. The average Bonchev–Trinajstić information content (AvgIpc) is 3.09. The second-order valence-corrected chi connectivity index (χ2v) is 8.48. The number of carbonyl (C=O) groups is 2. The molecule has 170 valence electrons. The Morgan fingerprint density at radius 2 is 1.90 bits per heavy atom. The first-order valence-electron chi connectivity index (χ1n) is 9.09. The molecule has 1 fully saturated rings. The van der Waals surface area contributed by atoms with Crippen LogP contribution in [0, 0.1) is 6.92 Å². The molecule has 1 N–H and O–H groups in total. The van der Waals surface area contributed by atoms with Gasteiger partial charge in [0, 0.05) is 23.1 Å². The third-order valence-electron chi connectivity index (χ3n) is 4.11. The van der Waals surface area contributed by atoms with Gasteiger partial charge in [0.25, 0.3) is 5.56 Å². The first-order valence-corrected chi connectivity index (χ1v) is 10.5. The third kappa shape index (κ3) is 6.96. The van der Waals surface area contributed by atoms with Crippen LogP contribution >= 0.6 is 7.82 Å². The van der Waals surface area contributed by atoms with Crippen LogP contribution in [-0.4, -0.2) is 53.1 Å². The van der Waals surface area contributed by atoms with E-state index in [-0.39, 0.29) is 12.0 Å². The van der Waals surface area contributed by atoms with E-state index in [1.54, 1.807) is 0 Å². The van der Waals surface area contributed by atoms with E-state index in [9.17, 15) is 23.7 Å². The fourth-order valence-corrected chi connectivity index (χ4v) is 3.87. The number of aromatic nitrogens is 2. The molecule has 0 bridgehead atoms. The monoisotopic (exact) mass is 459 g/mol. The lowest BCUT2D eigenvalue weighted by molar-refractivity contribution is -0.120. The average molecular weight is 459 g/mol. The van der Waals surface area contributed by atoms with E-state index in [1.165, 1.54) is 27.0 Å². The number of azide groups is 1. The van der Waals surface area contributed by atoms with Crippen molar-refractivity contribution < 1.29 is 32.5 Å². The zero-order valence-electron chi connectivity index (χ0n) is 17.0. The van der Waals surface area contributed by atoms with Gasteiger partial charge in [-0.2, -0.15) is 0 Å². The Kier molecular flexibility index (Phi) is 8.45. The molecular weight excluding hydrogens is 437 g/mol. The molecule has 1 aliphatic rings. The van der Waals surface area contributed by atoms with E-state index in [2.05, 4.69) is 15.0 Å². The molecule has 0 aromatic carbocycles. The molecule has 15 heteroatoms. The summed E-state index contributed by atoms with van der Waals surface area (Å²) >= 11 is 0. The number of hydrogen-bond acceptors (Lipinski definition) is 10. The molecular formula is C16H22N5O9P. The topological polar surface area (TPSA) is 192 Å². The molecule has 31 heavy (non-hydrogen) atoms. The number of Topliss-reactive ketones (excluding diaryl/α,β-unsaturated/α-hetero) is 2. The minimum atomic E-state index is -4.31. The highest BCUT2D eigenvalue weighted by Gasteiger charge is 2.39. The van der Waals surface area contributed by atoms with Crippen molar-refractivity contribution in [2.75, 3.05) is 19.8 Å². The number of aryl methyl sites for hydroxylation is 1. The van der Waals surface area contributed by atoms with E-state index in [0.717, 1.165) is 4.57 Å². The number of H-pyrrole nitrogens is 1. The van der Waals surface area contributed by atoms with Crippen LogP contribution in [0.4, 0.5) is 0 Å². The predicted molar refractivity (Wildman–Crippen MR) is 104 cm³/mol. The van der Waals surface area contributed by atoms with Gasteiger partial charge in [0.1, 0.15) is 19.4 Å². The molecule has 3 atom stereocenters. The summed E-state index contributed by atoms with van der Waals surface area (Å²) in [6.45, 7) is 2.29. The number of phosphoric acid groups is 1. The molecule has 1 aromatic heterocycles. The molecule has 14 nitrogen and oxygen atoms in total. The summed E-state index contributed by atoms with van der Waals surface area (Å²) < 4.78 is 34.6. The van der Waals surface area contributed by atoms with Gasteiger partial charge in [-0.05, 0) is 26.3 Å². The fourth-order valence-electron chi connectivity index (χ4n) is 2.64. The van der Waals surface area contributed by atoms with Gasteiger partial charge in [0.2, 0.25) is 0 Å². The zero-order valence-corrected chi connectivity index (χ0v) is 17.9. The van der Waals surface area contributed by atoms with Crippen molar-refractivity contribution in [3.05, 3.63) is 43.0 Å². The number of nitrogens with one attached hydrogen (secondary N) is 1. The number of carbonyl (C=O) groups excluding carboxylic acids is 2. The second kappa shape index (κ2) is 10.6. The van der Waals surface area contributed by atoms with Gasteiger partial charge in [0.15, 0.2) is 11.6 Å². The number of aromatic amines is 1. The number of ether oxygens (including phenoxy) is 1. The van der Waals surface area contributed by atoms with Gasteiger partial charge >= 0.3 is 13.5 Å². The number of phosphoric ester groups is 1. The van der Waals surface area contributed by atoms with Crippen LogP contribution < -0.4 is 11.2 Å². The van der Waals surface area contributed by atoms with E-state index in [4.69, 9.17) is 23.8 Å². The molecule has 0 amide bonds. The van der Waals surface area contributed by atoms with Crippen molar-refractivity contribution in [1.82, 2.24) is 9.55 Å². The molecule has 2 rings (SSSR count). The Labute approximate surface area is 175 Å². The van der Waals surface area contributed by atoms with E-state index in [1.807, 2.05) is 0 Å². The molecule has 1 saturated heterocycles. The normalized spacial score (nSPS) is 20.9. The maximum Gasteiger partial charge on any atom is 0.475 e. The third-order valence-corrected chi connectivity index (χ3v) is 5.46. The molecule has 0 radical (unpaired) electrons. The minimum absolute atomic E-state index is 0.0659. The van der Waals surface area contributed by atoms with Crippen LogP contribution in [-0.2, 0) is 32.5 Å². The molecule has 0 aliphatic carbocycles. The fraction of sp³-hybridized carbons (Fsp3) is 0.625. The lowest BCUT2D eigenvalue weighted by Crippen LogP contribution is -2.33. The summed E-state index contributed by atoms with van der Waals surface area (Å²) in [5, 5.41) is 3.61. The zero-order chi connectivity index (χ0) is 23.2. The molecule has 0 saturated carbocycles. The van der Waals surface area contributed by atoms with E-state index >= 15 is 0 Å². The SMILES string of the molecule is CC(=O)COP(=O)(OCC(C)=O)OCC1OC(n2cc(C)c(=O)[nH]c2=O)CC1N=[N+]=[N-]. The van der Waals surface area contributed by atoms with Crippen LogP contribution in [0.25, 0.3) is 10.4 Å². The van der Waals surface area contributed by atoms with Crippen LogP contribution in [0.2, 0.25) is 0 Å². The van der Waals surface area contributed by atoms with Crippen molar-refractivity contribution in [3.8, 4) is 0 Å². The van der Waals surface area contributed by atoms with E-state index in [0.29, 0.717) is 0 Å². The molecule has 0 spiro atoms. The van der Waals surface area contributed by atoms with Crippen molar-refractivity contribution in [2.24, 2.45) is 5.11 Å². The Morgan fingerprint density at radius 1 is 1.29 bits per heavy atom. The highest BCUT2D eigenvalue weighted by Crippen LogP contribution is 2.50. The van der Waals surface area contributed by atoms with Gasteiger partial charge in [-0.25, -0.2) is 9.36 Å². The maximum absolute atomic E-state index is 12.7. The Hall–Kier alpha value is -2.60. The summed E-state index contributed by atoms with van der Waals surface area (Å²) in [4.78, 5) is 50.9. The number of nitrogens with zero attached hydrogens (tertiary/aromatic N) is 4. The Bertz CT molecular complexity index is 1020. The van der Waals surface area contributed by atoms with E-state index < -0.39 is 68.8 Å². The predicted octanol–water partition coefficient (Wildman–Crippen LogP) is 1.15. The summed E-state index contributed by atoms with van der Waals surface area (Å²) in [6.07, 6.45) is -0.492. The number of rotatable bonds is 11. The van der Waals surface area contributed by atoms with Crippen LogP contribution in [0.1, 0.15) is 32.1 Å². The van der Waals surface area contributed by atoms with Crippen molar-refractivity contribution in [1.29, 1.82) is 0 Å². The lowest BCUT2D eigenvalue weighted by atomic mass is 10.1.